The van der Waals surface area contributed by atoms with Gasteiger partial charge in [-0.2, -0.15) is 0 Å². The minimum Gasteiger partial charge on any atom is -0.373 e. The molecule has 170 valence electrons. The third kappa shape index (κ3) is 4.49. The van der Waals surface area contributed by atoms with Crippen LogP contribution in [0.3, 0.4) is 0 Å². The number of imidazole rings is 2. The fraction of sp³-hybridized carbons (Fsp3) is 0.286. The number of pyridine rings is 2. The molecule has 4 aromatic heterocycles. The van der Waals surface area contributed by atoms with Crippen LogP contribution in [-0.2, 0) is 17.6 Å². The van der Waals surface area contributed by atoms with Crippen molar-refractivity contribution in [1.82, 2.24) is 18.8 Å². The van der Waals surface area contributed by atoms with Gasteiger partial charge in [0.05, 0.1) is 11.4 Å². The number of carbonyl (C=O) groups is 1. The Morgan fingerprint density at radius 3 is 2.00 bits per heavy atom. The zero-order valence-electron chi connectivity index (χ0n) is 18.0. The Morgan fingerprint density at radius 1 is 1.00 bits per heavy atom. The minimum absolute atomic E-state index is 0.230. The van der Waals surface area contributed by atoms with E-state index in [2.05, 4.69) is 47.1 Å². The summed E-state index contributed by atoms with van der Waals surface area (Å²) in [6.07, 6.45) is 5.58. The largest absolute Gasteiger partial charge is 0.373 e. The summed E-state index contributed by atoms with van der Waals surface area (Å²) in [5.74, 6) is 0.700. The lowest BCUT2D eigenvalue weighted by Crippen LogP contribution is -2.17. The van der Waals surface area contributed by atoms with E-state index in [9.17, 15) is 13.6 Å². The number of hydrogen-bond donors (Lipinski definition) is 1. The van der Waals surface area contributed by atoms with Gasteiger partial charge in [0.15, 0.2) is 22.9 Å². The van der Waals surface area contributed by atoms with Crippen LogP contribution in [0.15, 0.2) is 33.5 Å². The summed E-state index contributed by atoms with van der Waals surface area (Å²) >= 11 is 6.49. The molecule has 0 bridgehead atoms. The molecule has 4 heterocycles. The van der Waals surface area contributed by atoms with E-state index in [1.807, 2.05) is 13.8 Å². The van der Waals surface area contributed by atoms with Crippen molar-refractivity contribution in [3.63, 3.8) is 0 Å². The molecule has 11 heteroatoms. The van der Waals surface area contributed by atoms with Gasteiger partial charge in [0.1, 0.15) is 11.6 Å². The second-order valence-corrected chi connectivity index (χ2v) is 8.69. The SMILES string of the molecule is CCc1nc2c(F)cc(Br)cn2c1N(C)C=O.CCc1nc2c(F)cc(Br)cn2c1NC. The van der Waals surface area contributed by atoms with E-state index in [-0.39, 0.29) is 11.5 Å². The van der Waals surface area contributed by atoms with E-state index in [4.69, 9.17) is 0 Å². The van der Waals surface area contributed by atoms with Crippen LogP contribution in [-0.4, -0.2) is 39.3 Å². The average molecular weight is 572 g/mol. The number of aryl methyl sites for hydroxylation is 2. The minimum atomic E-state index is -0.417. The number of halogens is 4. The Kier molecular flexibility index (Phi) is 7.50. The Labute approximate surface area is 200 Å². The van der Waals surface area contributed by atoms with Gasteiger partial charge in [0.2, 0.25) is 6.41 Å². The lowest BCUT2D eigenvalue weighted by molar-refractivity contribution is -0.107. The van der Waals surface area contributed by atoms with Crippen molar-refractivity contribution < 1.29 is 13.6 Å². The summed E-state index contributed by atoms with van der Waals surface area (Å²) in [6, 6.07) is 2.77. The van der Waals surface area contributed by atoms with E-state index in [0.29, 0.717) is 38.9 Å². The number of carbonyl (C=O) groups excluding carboxylic acids is 1. The molecule has 0 radical (unpaired) electrons. The number of nitrogens with zero attached hydrogens (tertiary/aromatic N) is 5. The smallest absolute Gasteiger partial charge is 0.215 e. The molecule has 0 unspecified atom stereocenters. The summed E-state index contributed by atoms with van der Waals surface area (Å²) in [4.78, 5) is 20.7. The first-order chi connectivity index (χ1) is 15.2. The quantitative estimate of drug-likeness (QED) is 0.333. The molecule has 0 saturated heterocycles. The first-order valence-corrected chi connectivity index (χ1v) is 11.4. The van der Waals surface area contributed by atoms with Crippen molar-refractivity contribution in [3.05, 3.63) is 56.5 Å². The molecule has 7 nitrogen and oxygen atoms in total. The number of aromatic nitrogens is 4. The van der Waals surface area contributed by atoms with Crippen LogP contribution in [0.25, 0.3) is 11.3 Å². The second kappa shape index (κ2) is 9.95. The zero-order chi connectivity index (χ0) is 23.6. The third-order valence-corrected chi connectivity index (χ3v) is 5.67. The molecular weight excluding hydrogens is 550 g/mol. The van der Waals surface area contributed by atoms with Crippen molar-refractivity contribution >= 4 is 61.2 Å². The van der Waals surface area contributed by atoms with Gasteiger partial charge in [-0.1, -0.05) is 13.8 Å². The van der Waals surface area contributed by atoms with Gasteiger partial charge >= 0.3 is 0 Å². The van der Waals surface area contributed by atoms with Gasteiger partial charge in [-0.05, 0) is 56.8 Å². The van der Waals surface area contributed by atoms with Crippen molar-refractivity contribution in [3.8, 4) is 0 Å². The van der Waals surface area contributed by atoms with E-state index in [1.54, 1.807) is 35.3 Å². The van der Waals surface area contributed by atoms with Crippen LogP contribution in [0, 0.1) is 11.6 Å². The molecular formula is C21H22Br2F2N6O. The number of nitrogens with one attached hydrogen (secondary N) is 1. The summed E-state index contributed by atoms with van der Waals surface area (Å²) in [5.41, 5.74) is 2.15. The van der Waals surface area contributed by atoms with Crippen molar-refractivity contribution in [1.29, 1.82) is 0 Å². The molecule has 0 aliphatic carbocycles. The van der Waals surface area contributed by atoms with Gasteiger partial charge < -0.3 is 10.2 Å². The number of anilines is 2. The van der Waals surface area contributed by atoms with Gasteiger partial charge in [-0.15, -0.1) is 0 Å². The summed E-state index contributed by atoms with van der Waals surface area (Å²) in [6.45, 7) is 3.91. The molecule has 0 atom stereocenters. The second-order valence-electron chi connectivity index (χ2n) is 6.86. The molecule has 1 amide bonds. The van der Waals surface area contributed by atoms with Crippen LogP contribution in [0.2, 0.25) is 0 Å². The van der Waals surface area contributed by atoms with Gasteiger partial charge in [0.25, 0.3) is 0 Å². The lowest BCUT2D eigenvalue weighted by Gasteiger charge is -2.12. The maximum Gasteiger partial charge on any atom is 0.215 e. The maximum absolute atomic E-state index is 13.7. The Bertz CT molecular complexity index is 1290. The number of fused-ring (bicyclic) bond motifs is 2. The highest BCUT2D eigenvalue weighted by Gasteiger charge is 2.17. The molecule has 0 fully saturated rings. The van der Waals surface area contributed by atoms with E-state index >= 15 is 0 Å². The summed E-state index contributed by atoms with van der Waals surface area (Å²) in [5, 5.41) is 3.04. The Hall–Kier alpha value is -2.53. The number of hydrogen-bond acceptors (Lipinski definition) is 4. The van der Waals surface area contributed by atoms with Crippen LogP contribution in [0.1, 0.15) is 25.2 Å². The van der Waals surface area contributed by atoms with Gasteiger partial charge in [0, 0.05) is 35.4 Å². The fourth-order valence-corrected chi connectivity index (χ4v) is 4.21. The van der Waals surface area contributed by atoms with E-state index in [1.165, 1.54) is 17.0 Å². The summed E-state index contributed by atoms with van der Waals surface area (Å²) < 4.78 is 31.9. The first-order valence-electron chi connectivity index (χ1n) is 9.83. The highest BCUT2D eigenvalue weighted by atomic mass is 79.9. The summed E-state index contributed by atoms with van der Waals surface area (Å²) in [7, 11) is 3.43. The van der Waals surface area contributed by atoms with Crippen LogP contribution in [0.4, 0.5) is 20.4 Å². The zero-order valence-corrected chi connectivity index (χ0v) is 21.1. The monoisotopic (exact) mass is 570 g/mol. The van der Waals surface area contributed by atoms with Crippen molar-refractivity contribution in [2.24, 2.45) is 0 Å². The standard InChI is InChI=1S/C11H11BrFN3O.C10H11BrFN3/c1-3-9-11(15(2)6-17)16-5-7(12)4-8(13)10(16)14-9;1-3-8-10(13-2)15-5-6(11)4-7(12)9(15)14-8/h4-6H,3H2,1-2H3;4-5,13H,3H2,1-2H3. The maximum atomic E-state index is 13.7. The van der Waals surface area contributed by atoms with Crippen LogP contribution >= 0.6 is 31.9 Å². The number of amides is 1. The Morgan fingerprint density at radius 2 is 1.50 bits per heavy atom. The van der Waals surface area contributed by atoms with Crippen molar-refractivity contribution in [2.45, 2.75) is 26.7 Å². The van der Waals surface area contributed by atoms with Gasteiger partial charge in [-0.25, -0.2) is 18.7 Å². The first kappa shape index (κ1) is 24.1. The highest BCUT2D eigenvalue weighted by molar-refractivity contribution is 9.10. The van der Waals surface area contributed by atoms with Crippen molar-refractivity contribution in [2.75, 3.05) is 24.3 Å². The molecule has 4 rings (SSSR count). The molecule has 0 spiro atoms. The molecule has 0 aliphatic heterocycles. The highest BCUT2D eigenvalue weighted by Crippen LogP contribution is 2.26. The third-order valence-electron chi connectivity index (χ3n) is 4.80. The van der Waals surface area contributed by atoms with Crippen LogP contribution in [0.5, 0.6) is 0 Å². The lowest BCUT2D eigenvalue weighted by atomic mass is 10.3. The van der Waals surface area contributed by atoms with Gasteiger partial charge in [-0.3, -0.25) is 13.6 Å². The molecule has 4 aromatic rings. The Balaban J connectivity index is 0.000000182. The average Bonchev–Trinajstić information content (AvgIpc) is 3.31. The molecule has 0 saturated carbocycles. The predicted molar refractivity (Wildman–Crippen MR) is 128 cm³/mol. The molecule has 0 aliphatic rings. The predicted octanol–water partition coefficient (Wildman–Crippen LogP) is 5.23. The molecule has 1 N–H and O–H groups in total. The van der Waals surface area contributed by atoms with Crippen LogP contribution < -0.4 is 10.2 Å². The van der Waals surface area contributed by atoms with E-state index < -0.39 is 5.82 Å². The topological polar surface area (TPSA) is 66.9 Å². The number of rotatable bonds is 5. The fourth-order valence-electron chi connectivity index (χ4n) is 3.40. The molecule has 32 heavy (non-hydrogen) atoms. The normalized spacial score (nSPS) is 10.9. The van der Waals surface area contributed by atoms with E-state index in [0.717, 1.165) is 17.9 Å². The molecule has 0 aromatic carbocycles.